The Morgan fingerprint density at radius 3 is 2.65 bits per heavy atom. The first-order chi connectivity index (χ1) is 11.3. The number of anilines is 2. The van der Waals surface area contributed by atoms with Crippen LogP contribution in [-0.2, 0) is 6.61 Å². The van der Waals surface area contributed by atoms with Crippen molar-refractivity contribution in [2.75, 3.05) is 36.0 Å². The zero-order valence-electron chi connectivity index (χ0n) is 12.5. The van der Waals surface area contributed by atoms with Gasteiger partial charge in [-0.25, -0.2) is 9.97 Å². The molecule has 0 unspecified atom stereocenters. The molecule has 0 amide bonds. The maximum absolute atomic E-state index is 9.14. The van der Waals surface area contributed by atoms with Crippen molar-refractivity contribution in [2.24, 2.45) is 0 Å². The number of aliphatic hydroxyl groups excluding tert-OH is 1. The summed E-state index contributed by atoms with van der Waals surface area (Å²) >= 11 is 0. The van der Waals surface area contributed by atoms with E-state index in [0.29, 0.717) is 17.4 Å². The largest absolute Gasteiger partial charge is 0.422 e. The number of nitrogens with zero attached hydrogens (tertiary/aromatic N) is 6. The fourth-order valence-electron chi connectivity index (χ4n) is 2.67. The molecular weight excluding hydrogens is 296 g/mol. The standard InChI is InChI=1S/C15H16N6O2/c22-10-13-17-4-2-14(19-13)20-5-7-21(8-6-20)15-18-11-1-3-16-9-12(11)23-15/h1-4,9,22H,5-8,10H2. The molecule has 3 aromatic heterocycles. The van der Waals surface area contributed by atoms with Gasteiger partial charge in [-0.05, 0) is 12.1 Å². The van der Waals surface area contributed by atoms with E-state index in [0.717, 1.165) is 37.5 Å². The number of pyridine rings is 1. The summed E-state index contributed by atoms with van der Waals surface area (Å²) in [5.74, 6) is 1.28. The molecule has 0 radical (unpaired) electrons. The van der Waals surface area contributed by atoms with Gasteiger partial charge in [-0.15, -0.1) is 0 Å². The molecule has 4 heterocycles. The highest BCUT2D eigenvalue weighted by atomic mass is 16.4. The Bertz CT molecular complexity index is 779. The highest BCUT2D eigenvalue weighted by Crippen LogP contribution is 2.23. The lowest BCUT2D eigenvalue weighted by molar-refractivity contribution is 0.271. The molecule has 23 heavy (non-hydrogen) atoms. The third kappa shape index (κ3) is 2.68. The molecule has 8 nitrogen and oxygen atoms in total. The van der Waals surface area contributed by atoms with Crippen molar-refractivity contribution in [3.8, 4) is 0 Å². The van der Waals surface area contributed by atoms with Gasteiger partial charge in [0.25, 0.3) is 6.01 Å². The summed E-state index contributed by atoms with van der Waals surface area (Å²) in [5.41, 5.74) is 1.52. The molecule has 3 aromatic rings. The molecule has 0 aromatic carbocycles. The van der Waals surface area contributed by atoms with Gasteiger partial charge in [0.2, 0.25) is 0 Å². The van der Waals surface area contributed by atoms with Gasteiger partial charge in [-0.2, -0.15) is 4.98 Å². The van der Waals surface area contributed by atoms with Crippen molar-refractivity contribution in [3.05, 3.63) is 36.5 Å². The summed E-state index contributed by atoms with van der Waals surface area (Å²) in [4.78, 5) is 21.2. The van der Waals surface area contributed by atoms with Crippen LogP contribution in [0.1, 0.15) is 5.82 Å². The molecule has 8 heteroatoms. The highest BCUT2D eigenvalue weighted by molar-refractivity contribution is 5.73. The zero-order valence-corrected chi connectivity index (χ0v) is 12.5. The third-order valence-corrected chi connectivity index (χ3v) is 3.89. The van der Waals surface area contributed by atoms with E-state index in [1.807, 2.05) is 12.1 Å². The molecule has 118 valence electrons. The minimum Gasteiger partial charge on any atom is -0.422 e. The van der Waals surface area contributed by atoms with Crippen LogP contribution in [0.3, 0.4) is 0 Å². The predicted octanol–water partition coefficient (Wildman–Crippen LogP) is 0.832. The van der Waals surface area contributed by atoms with E-state index < -0.39 is 0 Å². The van der Waals surface area contributed by atoms with Crippen molar-refractivity contribution in [2.45, 2.75) is 6.61 Å². The Morgan fingerprint density at radius 1 is 1.04 bits per heavy atom. The summed E-state index contributed by atoms with van der Waals surface area (Å²) in [6, 6.07) is 4.34. The molecular formula is C15H16N6O2. The molecule has 1 fully saturated rings. The number of aromatic nitrogens is 4. The Kier molecular flexibility index (Phi) is 3.51. The predicted molar refractivity (Wildman–Crippen MR) is 84.2 cm³/mol. The molecule has 0 bridgehead atoms. The van der Waals surface area contributed by atoms with Crippen LogP contribution < -0.4 is 9.80 Å². The number of aliphatic hydroxyl groups is 1. The highest BCUT2D eigenvalue weighted by Gasteiger charge is 2.22. The lowest BCUT2D eigenvalue weighted by Crippen LogP contribution is -2.47. The summed E-state index contributed by atoms with van der Waals surface area (Å²) in [7, 11) is 0. The average Bonchev–Trinajstić information content (AvgIpc) is 3.06. The van der Waals surface area contributed by atoms with Gasteiger partial charge in [0.05, 0.1) is 6.20 Å². The van der Waals surface area contributed by atoms with Gasteiger partial charge >= 0.3 is 0 Å². The minimum atomic E-state index is -0.148. The summed E-state index contributed by atoms with van der Waals surface area (Å²) < 4.78 is 5.76. The number of fused-ring (bicyclic) bond motifs is 1. The molecule has 1 aliphatic rings. The van der Waals surface area contributed by atoms with Crippen molar-refractivity contribution in [3.63, 3.8) is 0 Å². The first-order valence-corrected chi connectivity index (χ1v) is 7.47. The second-order valence-corrected chi connectivity index (χ2v) is 5.30. The monoisotopic (exact) mass is 312 g/mol. The van der Waals surface area contributed by atoms with Crippen molar-refractivity contribution >= 4 is 22.9 Å². The normalized spacial score (nSPS) is 15.3. The van der Waals surface area contributed by atoms with E-state index in [1.54, 1.807) is 18.6 Å². The van der Waals surface area contributed by atoms with Crippen molar-refractivity contribution < 1.29 is 9.52 Å². The fraction of sp³-hybridized carbons (Fsp3) is 0.333. The van der Waals surface area contributed by atoms with Gasteiger partial charge < -0.3 is 19.3 Å². The van der Waals surface area contributed by atoms with Gasteiger partial charge in [0.1, 0.15) is 17.9 Å². The van der Waals surface area contributed by atoms with Crippen LogP contribution >= 0.6 is 0 Å². The van der Waals surface area contributed by atoms with Crippen molar-refractivity contribution in [1.82, 2.24) is 19.9 Å². The van der Waals surface area contributed by atoms with Gasteiger partial charge in [-0.1, -0.05) is 0 Å². The molecule has 0 saturated carbocycles. The molecule has 1 N–H and O–H groups in total. The molecule has 4 rings (SSSR count). The molecule has 0 aliphatic carbocycles. The van der Waals surface area contributed by atoms with Gasteiger partial charge in [0, 0.05) is 38.6 Å². The Labute approximate surface area is 132 Å². The molecule has 1 aliphatic heterocycles. The Morgan fingerprint density at radius 2 is 1.87 bits per heavy atom. The molecule has 0 spiro atoms. The zero-order chi connectivity index (χ0) is 15.6. The van der Waals surface area contributed by atoms with Crippen LogP contribution in [-0.4, -0.2) is 51.2 Å². The lowest BCUT2D eigenvalue weighted by atomic mass is 10.3. The maximum Gasteiger partial charge on any atom is 0.298 e. The van der Waals surface area contributed by atoms with Crippen LogP contribution in [0.2, 0.25) is 0 Å². The van der Waals surface area contributed by atoms with Crippen LogP contribution in [0, 0.1) is 0 Å². The van der Waals surface area contributed by atoms with Crippen LogP contribution in [0.4, 0.5) is 11.8 Å². The van der Waals surface area contributed by atoms with E-state index >= 15 is 0 Å². The van der Waals surface area contributed by atoms with E-state index in [4.69, 9.17) is 9.52 Å². The van der Waals surface area contributed by atoms with Crippen molar-refractivity contribution in [1.29, 1.82) is 0 Å². The van der Waals surface area contributed by atoms with Crippen LogP contribution in [0.5, 0.6) is 0 Å². The second-order valence-electron chi connectivity index (χ2n) is 5.30. The average molecular weight is 312 g/mol. The fourth-order valence-corrected chi connectivity index (χ4v) is 2.67. The first kappa shape index (κ1) is 13.9. The second kappa shape index (κ2) is 5.81. The maximum atomic E-state index is 9.14. The Balaban J connectivity index is 1.48. The lowest BCUT2D eigenvalue weighted by Gasteiger charge is -2.34. The molecule has 0 atom stereocenters. The van der Waals surface area contributed by atoms with Gasteiger partial charge in [-0.3, -0.25) is 4.98 Å². The van der Waals surface area contributed by atoms with E-state index in [-0.39, 0.29) is 6.61 Å². The Hall–Kier alpha value is -2.74. The number of hydrogen-bond donors (Lipinski definition) is 1. The topological polar surface area (TPSA) is 91.4 Å². The van der Waals surface area contributed by atoms with Gasteiger partial charge in [0.15, 0.2) is 11.4 Å². The first-order valence-electron chi connectivity index (χ1n) is 7.47. The SMILES string of the molecule is OCc1nccc(N2CCN(c3nc4ccncc4o3)CC2)n1. The third-order valence-electron chi connectivity index (χ3n) is 3.89. The van der Waals surface area contributed by atoms with Crippen LogP contribution in [0.25, 0.3) is 11.1 Å². The number of hydrogen-bond acceptors (Lipinski definition) is 8. The van der Waals surface area contributed by atoms with E-state index in [2.05, 4.69) is 29.7 Å². The number of oxazole rings is 1. The summed E-state index contributed by atoms with van der Waals surface area (Å²) in [6.45, 7) is 3.04. The van der Waals surface area contributed by atoms with Crippen LogP contribution in [0.15, 0.2) is 35.1 Å². The number of piperazine rings is 1. The minimum absolute atomic E-state index is 0.148. The quantitative estimate of drug-likeness (QED) is 0.760. The van der Waals surface area contributed by atoms with E-state index in [9.17, 15) is 0 Å². The van der Waals surface area contributed by atoms with E-state index in [1.165, 1.54) is 0 Å². The molecule has 1 saturated heterocycles. The smallest absolute Gasteiger partial charge is 0.298 e. The summed E-state index contributed by atoms with van der Waals surface area (Å²) in [6.07, 6.45) is 5.06. The summed E-state index contributed by atoms with van der Waals surface area (Å²) in [5, 5.41) is 9.14. The number of rotatable bonds is 3.